The van der Waals surface area contributed by atoms with E-state index in [4.69, 9.17) is 4.74 Å². The maximum Gasteiger partial charge on any atom is 0.194 e. The van der Waals surface area contributed by atoms with Crippen LogP contribution in [-0.2, 0) is 6.42 Å². The van der Waals surface area contributed by atoms with E-state index in [2.05, 4.69) is 76.9 Å². The molecule has 154 valence electrons. The van der Waals surface area contributed by atoms with Gasteiger partial charge in [0, 0.05) is 23.7 Å². The second kappa shape index (κ2) is 11.5. The minimum Gasteiger partial charge on any atom is -0.482 e. The molecular formula is C25H37NO2. The summed E-state index contributed by atoms with van der Waals surface area (Å²) in [5.41, 5.74) is 5.67. The zero-order valence-electron chi connectivity index (χ0n) is 18.8. The molecular weight excluding hydrogens is 346 g/mol. The lowest BCUT2D eigenvalue weighted by atomic mass is 9.88. The van der Waals surface area contributed by atoms with Crippen LogP contribution in [0.5, 0.6) is 5.88 Å². The highest BCUT2D eigenvalue weighted by molar-refractivity contribution is 5.27. The molecule has 0 bridgehead atoms. The number of aromatic nitrogens is 1. The molecule has 1 aromatic heterocycles. The number of ether oxygens (including phenoxy) is 1. The topological polar surface area (TPSA) is 42.1 Å². The van der Waals surface area contributed by atoms with Gasteiger partial charge in [-0.05, 0) is 52.9 Å². The lowest BCUT2D eigenvalue weighted by Gasteiger charge is -2.18. The molecule has 3 heteroatoms. The summed E-state index contributed by atoms with van der Waals surface area (Å²) in [6, 6.07) is 1.49. The molecule has 0 radical (unpaired) electrons. The maximum atomic E-state index is 12.0. The Morgan fingerprint density at radius 1 is 1.25 bits per heavy atom. The Morgan fingerprint density at radius 3 is 2.54 bits per heavy atom. The molecule has 2 atom stereocenters. The Morgan fingerprint density at radius 2 is 1.93 bits per heavy atom. The van der Waals surface area contributed by atoms with Crippen molar-refractivity contribution in [2.24, 2.45) is 11.8 Å². The van der Waals surface area contributed by atoms with Crippen LogP contribution in [0.15, 0.2) is 58.0 Å². The van der Waals surface area contributed by atoms with Crippen LogP contribution in [-0.4, -0.2) is 12.1 Å². The molecule has 0 amide bonds. The highest BCUT2D eigenvalue weighted by atomic mass is 16.5. The molecule has 0 aliphatic rings. The van der Waals surface area contributed by atoms with Gasteiger partial charge >= 0.3 is 0 Å². The number of pyridine rings is 1. The molecule has 1 N–H and O–H groups in total. The Bertz CT molecular complexity index is 821. The fourth-order valence-corrected chi connectivity index (χ4v) is 3.05. The van der Waals surface area contributed by atoms with E-state index in [1.807, 2.05) is 6.92 Å². The number of methoxy groups -OCH3 is 1. The van der Waals surface area contributed by atoms with E-state index < -0.39 is 0 Å². The third-order valence-electron chi connectivity index (χ3n) is 5.54. The van der Waals surface area contributed by atoms with Gasteiger partial charge in [0.2, 0.25) is 0 Å². The molecule has 0 fully saturated rings. The van der Waals surface area contributed by atoms with E-state index in [-0.39, 0.29) is 5.43 Å². The van der Waals surface area contributed by atoms with Crippen molar-refractivity contribution in [3.05, 3.63) is 74.6 Å². The lowest BCUT2D eigenvalue weighted by molar-refractivity contribution is 0.396. The highest BCUT2D eigenvalue weighted by Crippen LogP contribution is 2.22. The first-order chi connectivity index (χ1) is 13.2. The zero-order valence-corrected chi connectivity index (χ0v) is 18.8. The number of H-pyrrole nitrogens is 1. The van der Waals surface area contributed by atoms with Gasteiger partial charge in [0.1, 0.15) is 0 Å². The van der Waals surface area contributed by atoms with E-state index in [1.165, 1.54) is 22.8 Å². The molecule has 3 nitrogen and oxygen atoms in total. The monoisotopic (exact) mass is 383 g/mol. The highest BCUT2D eigenvalue weighted by Gasteiger charge is 2.10. The van der Waals surface area contributed by atoms with Crippen LogP contribution in [0.2, 0.25) is 0 Å². The van der Waals surface area contributed by atoms with Crippen LogP contribution >= 0.6 is 0 Å². The molecule has 1 rings (SSSR count). The van der Waals surface area contributed by atoms with Gasteiger partial charge in [0.25, 0.3) is 0 Å². The van der Waals surface area contributed by atoms with Crippen molar-refractivity contribution in [3.63, 3.8) is 0 Å². The van der Waals surface area contributed by atoms with Crippen molar-refractivity contribution in [1.29, 1.82) is 0 Å². The minimum atomic E-state index is 0.00816. The summed E-state index contributed by atoms with van der Waals surface area (Å²) >= 11 is 0. The average molecular weight is 384 g/mol. The summed E-state index contributed by atoms with van der Waals surface area (Å²) < 4.78 is 5.16. The molecule has 0 aliphatic heterocycles. The molecule has 1 heterocycles. The van der Waals surface area contributed by atoms with Gasteiger partial charge < -0.3 is 9.72 Å². The number of hydrogen-bond donors (Lipinski definition) is 1. The zero-order chi connectivity index (χ0) is 21.3. The summed E-state index contributed by atoms with van der Waals surface area (Å²) in [6.45, 7) is 15.0. The number of rotatable bonds is 9. The SMILES string of the molecule is CC=C(C)C(C)C(C)C=C(C)C=CCC(C)=CCc1[nH]c(OC)cc(=O)c1C. The fraction of sp³-hybridized carbons (Fsp3) is 0.480. The minimum absolute atomic E-state index is 0.00816. The molecule has 0 spiro atoms. The standard InChI is InChI=1S/C25H37NO2/c1-9-19(4)21(6)20(5)15-18(3)12-10-11-17(2)13-14-23-22(7)24(27)16-25(26-23)28-8/h9-10,12-13,15-16,20-21H,11,14H2,1-8H3,(H,26,27). The summed E-state index contributed by atoms with van der Waals surface area (Å²) in [4.78, 5) is 15.1. The number of nitrogens with one attached hydrogen (secondary N) is 1. The Labute approximate surface area is 170 Å². The van der Waals surface area contributed by atoms with Crippen molar-refractivity contribution in [2.45, 2.75) is 61.3 Å². The molecule has 0 saturated carbocycles. The largest absolute Gasteiger partial charge is 0.482 e. The maximum absolute atomic E-state index is 12.0. The van der Waals surface area contributed by atoms with Gasteiger partial charge in [0.15, 0.2) is 11.3 Å². The van der Waals surface area contributed by atoms with Crippen LogP contribution in [0.1, 0.15) is 59.2 Å². The van der Waals surface area contributed by atoms with E-state index in [1.54, 1.807) is 7.11 Å². The van der Waals surface area contributed by atoms with Crippen molar-refractivity contribution in [2.75, 3.05) is 7.11 Å². The van der Waals surface area contributed by atoms with Crippen molar-refractivity contribution >= 4 is 0 Å². The van der Waals surface area contributed by atoms with Crippen LogP contribution < -0.4 is 10.2 Å². The average Bonchev–Trinajstić information content (AvgIpc) is 2.67. The second-order valence-electron chi connectivity index (χ2n) is 7.76. The summed E-state index contributed by atoms with van der Waals surface area (Å²) in [6.07, 6.45) is 12.7. The second-order valence-corrected chi connectivity index (χ2v) is 7.76. The lowest BCUT2D eigenvalue weighted by Crippen LogP contribution is -2.10. The van der Waals surface area contributed by atoms with Crippen LogP contribution in [0.3, 0.4) is 0 Å². The first-order valence-corrected chi connectivity index (χ1v) is 10.1. The van der Waals surface area contributed by atoms with Crippen LogP contribution in [0.4, 0.5) is 0 Å². The van der Waals surface area contributed by atoms with E-state index >= 15 is 0 Å². The third kappa shape index (κ3) is 7.38. The first-order valence-electron chi connectivity index (χ1n) is 10.1. The summed E-state index contributed by atoms with van der Waals surface area (Å²) in [5, 5.41) is 0. The molecule has 1 aromatic rings. The first kappa shape index (κ1) is 23.7. The van der Waals surface area contributed by atoms with E-state index in [9.17, 15) is 4.79 Å². The predicted molar refractivity (Wildman–Crippen MR) is 121 cm³/mol. The summed E-state index contributed by atoms with van der Waals surface area (Å²) in [5.74, 6) is 1.59. The summed E-state index contributed by atoms with van der Waals surface area (Å²) in [7, 11) is 1.56. The van der Waals surface area contributed by atoms with Gasteiger partial charge in [-0.15, -0.1) is 0 Å². The molecule has 2 unspecified atom stereocenters. The van der Waals surface area contributed by atoms with Gasteiger partial charge in [-0.25, -0.2) is 0 Å². The quantitative estimate of drug-likeness (QED) is 0.401. The Hall–Kier alpha value is -2.29. The van der Waals surface area contributed by atoms with E-state index in [0.717, 1.165) is 17.7 Å². The van der Waals surface area contributed by atoms with Gasteiger partial charge in [0.05, 0.1) is 7.11 Å². The molecule has 0 aliphatic carbocycles. The van der Waals surface area contributed by atoms with Crippen LogP contribution in [0.25, 0.3) is 0 Å². The van der Waals surface area contributed by atoms with Crippen LogP contribution in [0, 0.1) is 18.8 Å². The fourth-order valence-electron chi connectivity index (χ4n) is 3.05. The normalized spacial score (nSPS) is 15.8. The number of aromatic amines is 1. The van der Waals surface area contributed by atoms with Crippen molar-refractivity contribution in [1.82, 2.24) is 4.98 Å². The molecule has 28 heavy (non-hydrogen) atoms. The van der Waals surface area contributed by atoms with Gasteiger partial charge in [-0.3, -0.25) is 4.79 Å². The van der Waals surface area contributed by atoms with Crippen molar-refractivity contribution in [3.8, 4) is 5.88 Å². The molecule has 0 saturated heterocycles. The van der Waals surface area contributed by atoms with Gasteiger partial charge in [-0.2, -0.15) is 0 Å². The Kier molecular flexibility index (Phi) is 9.78. The third-order valence-corrected chi connectivity index (χ3v) is 5.54. The number of allylic oxidation sites excluding steroid dienone is 8. The van der Waals surface area contributed by atoms with Gasteiger partial charge in [-0.1, -0.05) is 60.9 Å². The predicted octanol–water partition coefficient (Wildman–Crippen LogP) is 6.31. The Balaban J connectivity index is 2.71. The number of hydrogen-bond acceptors (Lipinski definition) is 2. The molecule has 0 aromatic carbocycles. The van der Waals surface area contributed by atoms with Crippen molar-refractivity contribution < 1.29 is 4.74 Å². The van der Waals surface area contributed by atoms with E-state index in [0.29, 0.717) is 24.1 Å². The smallest absolute Gasteiger partial charge is 0.194 e.